The van der Waals surface area contributed by atoms with Gasteiger partial charge in [0.1, 0.15) is 11.1 Å². The Hall–Kier alpha value is -3.42. The number of para-hydroxylation sites is 1. The van der Waals surface area contributed by atoms with Gasteiger partial charge in [-0.1, -0.05) is 36.4 Å². The monoisotopic (exact) mass is 490 g/mol. The number of hydrogen-bond acceptors (Lipinski definition) is 7. The molecular formula is C24H22N6O2S2. The molecule has 0 unspecified atom stereocenters. The van der Waals surface area contributed by atoms with Crippen LogP contribution in [0, 0.1) is 11.3 Å². The van der Waals surface area contributed by atoms with Crippen LogP contribution in [0.25, 0.3) is 16.7 Å². The average molecular weight is 491 g/mol. The van der Waals surface area contributed by atoms with E-state index in [9.17, 15) is 14.9 Å². The summed E-state index contributed by atoms with van der Waals surface area (Å²) >= 11 is 2.76. The van der Waals surface area contributed by atoms with Crippen LogP contribution >= 0.6 is 23.1 Å². The quantitative estimate of drug-likeness (QED) is 0.247. The minimum atomic E-state index is -0.210. The molecule has 0 radical (unpaired) electrons. The Balaban J connectivity index is 1.42. The van der Waals surface area contributed by atoms with Crippen molar-refractivity contribution >= 4 is 50.7 Å². The van der Waals surface area contributed by atoms with Crippen molar-refractivity contribution in [3.8, 4) is 6.07 Å². The number of thioether (sulfide) groups is 1. The van der Waals surface area contributed by atoms with Crippen LogP contribution in [0.5, 0.6) is 0 Å². The van der Waals surface area contributed by atoms with E-state index in [2.05, 4.69) is 28.2 Å². The minimum absolute atomic E-state index is 0.100. The number of carbonyl (C=O) groups is 1. The van der Waals surface area contributed by atoms with Gasteiger partial charge in [-0.15, -0.1) is 28.1 Å². The number of carbonyl (C=O) groups excluding carboxylic acids is 1. The van der Waals surface area contributed by atoms with Gasteiger partial charge >= 0.3 is 0 Å². The number of aromatic nitrogens is 4. The van der Waals surface area contributed by atoms with Gasteiger partial charge < -0.3 is 5.32 Å². The Morgan fingerprint density at radius 1 is 1.26 bits per heavy atom. The molecule has 0 atom stereocenters. The van der Waals surface area contributed by atoms with Crippen molar-refractivity contribution < 1.29 is 4.79 Å². The van der Waals surface area contributed by atoms with Gasteiger partial charge in [0, 0.05) is 11.4 Å². The molecule has 0 saturated heterocycles. The summed E-state index contributed by atoms with van der Waals surface area (Å²) in [6, 6.07) is 9.57. The molecule has 5 rings (SSSR count). The number of anilines is 1. The summed E-state index contributed by atoms with van der Waals surface area (Å²) in [5.74, 6) is 0.294. The van der Waals surface area contributed by atoms with Crippen molar-refractivity contribution in [1.82, 2.24) is 19.2 Å². The van der Waals surface area contributed by atoms with Gasteiger partial charge in [0.25, 0.3) is 5.56 Å². The third-order valence-electron chi connectivity index (χ3n) is 5.91. The summed E-state index contributed by atoms with van der Waals surface area (Å²) in [5, 5.41) is 22.8. The number of aryl methyl sites for hydroxylation is 1. The number of rotatable bonds is 6. The van der Waals surface area contributed by atoms with E-state index in [4.69, 9.17) is 0 Å². The van der Waals surface area contributed by atoms with Crippen LogP contribution in [-0.2, 0) is 24.2 Å². The van der Waals surface area contributed by atoms with Crippen molar-refractivity contribution in [3.63, 3.8) is 0 Å². The maximum absolute atomic E-state index is 12.9. The number of hydrogen-bond donors (Lipinski definition) is 1. The molecule has 172 valence electrons. The highest BCUT2D eigenvalue weighted by atomic mass is 32.2. The van der Waals surface area contributed by atoms with Gasteiger partial charge in [0.05, 0.1) is 22.2 Å². The molecule has 1 N–H and O–H groups in total. The number of amides is 1. The maximum atomic E-state index is 12.9. The average Bonchev–Trinajstić information content (AvgIpc) is 3.33. The molecule has 10 heteroatoms. The van der Waals surface area contributed by atoms with Crippen LogP contribution < -0.4 is 10.9 Å². The van der Waals surface area contributed by atoms with Crippen LogP contribution in [0.1, 0.15) is 35.3 Å². The van der Waals surface area contributed by atoms with Crippen LogP contribution in [0.15, 0.2) is 46.9 Å². The van der Waals surface area contributed by atoms with Crippen molar-refractivity contribution in [2.75, 3.05) is 11.1 Å². The lowest BCUT2D eigenvalue weighted by Gasteiger charge is -2.09. The molecule has 0 bridgehead atoms. The predicted molar refractivity (Wildman–Crippen MR) is 135 cm³/mol. The third-order valence-corrected chi connectivity index (χ3v) is 8.04. The summed E-state index contributed by atoms with van der Waals surface area (Å²) in [4.78, 5) is 26.9. The van der Waals surface area contributed by atoms with E-state index in [1.807, 2.05) is 18.2 Å². The lowest BCUT2D eigenvalue weighted by Crippen LogP contribution is -2.22. The predicted octanol–water partition coefficient (Wildman–Crippen LogP) is 4.16. The topological polar surface area (TPSA) is 105 Å². The smallest absolute Gasteiger partial charge is 0.263 e. The molecule has 0 fully saturated rings. The molecule has 4 aromatic rings. The van der Waals surface area contributed by atoms with E-state index in [1.54, 1.807) is 16.5 Å². The Morgan fingerprint density at radius 2 is 2.09 bits per heavy atom. The second kappa shape index (κ2) is 9.44. The molecule has 3 aromatic heterocycles. The standard InChI is InChI=1S/C24H22N6O2S2/c1-2-12-29-22(32)16-9-6-7-10-18(16)30-23(29)27-28-24(30)33-14-20(31)26-21-17(13-25)15-8-4-3-5-11-19(15)34-21/h2,6-7,9-10H,1,3-5,8,11-12,14H2,(H,26,31). The first kappa shape index (κ1) is 22.4. The Labute approximate surface area is 203 Å². The molecule has 1 aliphatic carbocycles. The largest absolute Gasteiger partial charge is 0.316 e. The highest BCUT2D eigenvalue weighted by molar-refractivity contribution is 7.99. The highest BCUT2D eigenvalue weighted by Gasteiger charge is 2.22. The number of benzene rings is 1. The normalized spacial score (nSPS) is 13.4. The fourth-order valence-corrected chi connectivity index (χ4v) is 6.36. The van der Waals surface area contributed by atoms with E-state index < -0.39 is 0 Å². The molecule has 1 aromatic carbocycles. The van der Waals surface area contributed by atoms with Crippen molar-refractivity contribution in [2.24, 2.45) is 0 Å². The number of allylic oxidation sites excluding steroid dienone is 1. The van der Waals surface area contributed by atoms with Gasteiger partial charge in [-0.3, -0.25) is 18.6 Å². The fourth-order valence-electron chi connectivity index (χ4n) is 4.36. The number of thiophene rings is 1. The zero-order chi connectivity index (χ0) is 23.7. The van der Waals surface area contributed by atoms with Crippen molar-refractivity contribution in [1.29, 1.82) is 5.26 Å². The lowest BCUT2D eigenvalue weighted by molar-refractivity contribution is -0.113. The third kappa shape index (κ3) is 3.91. The second-order valence-corrected chi connectivity index (χ2v) is 10.1. The van der Waals surface area contributed by atoms with Crippen LogP contribution in [0.3, 0.4) is 0 Å². The molecular weight excluding hydrogens is 468 g/mol. The van der Waals surface area contributed by atoms with Gasteiger partial charge in [-0.2, -0.15) is 5.26 Å². The van der Waals surface area contributed by atoms with Gasteiger partial charge in [-0.05, 0) is 43.4 Å². The van der Waals surface area contributed by atoms with Crippen LogP contribution in [0.2, 0.25) is 0 Å². The van der Waals surface area contributed by atoms with E-state index in [-0.39, 0.29) is 17.2 Å². The Bertz CT molecular complexity index is 1520. The van der Waals surface area contributed by atoms with Crippen LogP contribution in [-0.4, -0.2) is 30.8 Å². The van der Waals surface area contributed by atoms with Gasteiger partial charge in [0.2, 0.25) is 11.7 Å². The molecule has 34 heavy (non-hydrogen) atoms. The first-order valence-electron chi connectivity index (χ1n) is 11.1. The number of nitriles is 1. The molecule has 0 saturated carbocycles. The zero-order valence-corrected chi connectivity index (χ0v) is 20.0. The van der Waals surface area contributed by atoms with Crippen molar-refractivity contribution in [3.05, 3.63) is 63.3 Å². The maximum Gasteiger partial charge on any atom is 0.263 e. The number of fused-ring (bicyclic) bond motifs is 4. The zero-order valence-electron chi connectivity index (χ0n) is 18.4. The summed E-state index contributed by atoms with van der Waals surface area (Å²) in [7, 11) is 0. The summed E-state index contributed by atoms with van der Waals surface area (Å²) in [6.07, 6.45) is 6.86. The molecule has 3 heterocycles. The fraction of sp³-hybridized carbons (Fsp3) is 0.292. The van der Waals surface area contributed by atoms with Crippen molar-refractivity contribution in [2.45, 2.75) is 43.8 Å². The van der Waals surface area contributed by atoms with E-state index in [0.717, 1.165) is 31.2 Å². The van der Waals surface area contributed by atoms with E-state index in [1.165, 1.54) is 39.0 Å². The Morgan fingerprint density at radius 3 is 2.91 bits per heavy atom. The molecule has 1 amide bonds. The number of nitrogens with zero attached hydrogens (tertiary/aromatic N) is 5. The van der Waals surface area contributed by atoms with Crippen LogP contribution in [0.4, 0.5) is 5.00 Å². The molecule has 0 spiro atoms. The summed E-state index contributed by atoms with van der Waals surface area (Å²) < 4.78 is 3.32. The summed E-state index contributed by atoms with van der Waals surface area (Å²) in [6.45, 7) is 4.04. The second-order valence-electron chi connectivity index (χ2n) is 8.06. The first-order chi connectivity index (χ1) is 16.6. The molecule has 0 aliphatic heterocycles. The Kier molecular flexibility index (Phi) is 6.22. The molecule has 1 aliphatic rings. The highest BCUT2D eigenvalue weighted by Crippen LogP contribution is 2.37. The van der Waals surface area contributed by atoms with E-state index >= 15 is 0 Å². The number of nitrogens with one attached hydrogen (secondary N) is 1. The van der Waals surface area contributed by atoms with Gasteiger partial charge in [-0.25, -0.2) is 0 Å². The minimum Gasteiger partial charge on any atom is -0.316 e. The first-order valence-corrected chi connectivity index (χ1v) is 12.9. The summed E-state index contributed by atoms with van der Waals surface area (Å²) in [5.41, 5.74) is 2.23. The van der Waals surface area contributed by atoms with Gasteiger partial charge in [0.15, 0.2) is 5.16 Å². The SMILES string of the molecule is C=CCn1c(=O)c2ccccc2n2c(SCC(=O)Nc3sc4c(c3C#N)CCCCC4)nnc12. The lowest BCUT2D eigenvalue weighted by atomic mass is 10.1. The molecule has 8 nitrogen and oxygen atoms in total. The van der Waals surface area contributed by atoms with E-state index in [0.29, 0.717) is 38.9 Å².